The van der Waals surface area contributed by atoms with Gasteiger partial charge in [0.2, 0.25) is 11.8 Å². The highest BCUT2D eigenvalue weighted by atomic mass is 16.5. The van der Waals surface area contributed by atoms with Crippen LogP contribution in [-0.4, -0.2) is 110 Å². The second kappa shape index (κ2) is 11.3. The van der Waals surface area contributed by atoms with Crippen LogP contribution in [0.4, 0.5) is 22.7 Å². The molecule has 0 radical (unpaired) electrons. The van der Waals surface area contributed by atoms with E-state index in [1.54, 1.807) is 9.80 Å². The van der Waals surface area contributed by atoms with Gasteiger partial charge in [0, 0.05) is 57.6 Å². The molecule has 2 amide bonds. The molecule has 2 aromatic rings. The number of likely N-dealkylation sites (tertiary alicyclic amines) is 1. The van der Waals surface area contributed by atoms with E-state index in [1.165, 1.54) is 22.9 Å². The number of rotatable bonds is 5. The summed E-state index contributed by atoms with van der Waals surface area (Å²) in [6, 6.07) is -0.216. The summed E-state index contributed by atoms with van der Waals surface area (Å²) in [5, 5.41) is 0. The van der Waals surface area contributed by atoms with Crippen molar-refractivity contribution in [1.29, 1.82) is 0 Å². The quantitative estimate of drug-likeness (QED) is 0.481. The molecule has 5 aliphatic rings. The van der Waals surface area contributed by atoms with Gasteiger partial charge in [-0.3, -0.25) is 14.6 Å². The molecule has 0 bridgehead atoms. The van der Waals surface area contributed by atoms with Crippen molar-refractivity contribution in [3.63, 3.8) is 0 Å². The summed E-state index contributed by atoms with van der Waals surface area (Å²) in [7, 11) is 6.14. The van der Waals surface area contributed by atoms with Gasteiger partial charge in [-0.25, -0.2) is 4.98 Å². The first-order valence-electron chi connectivity index (χ1n) is 16.1. The number of aryl methyl sites for hydroxylation is 1. The van der Waals surface area contributed by atoms with Crippen molar-refractivity contribution in [3.8, 4) is 5.88 Å². The molecule has 234 valence electrons. The SMILES string of the molecule is C=CC(=O)N1C[C@@H]2C(=O)N(C)c3c(OC[C@@H]4CCCN4C)nc4c(c3N2C[C@H]1C)CCN(c1cncc2c1N(C)CCC2)C4. The number of pyridine rings is 2. The smallest absolute Gasteiger partial charge is 0.251 e. The molecule has 3 atom stereocenters. The van der Waals surface area contributed by atoms with Crippen LogP contribution in [0.15, 0.2) is 25.0 Å². The Hall–Kier alpha value is -3.86. The highest BCUT2D eigenvalue weighted by Crippen LogP contribution is 2.48. The zero-order valence-corrected chi connectivity index (χ0v) is 26.5. The van der Waals surface area contributed by atoms with E-state index in [0.29, 0.717) is 38.2 Å². The van der Waals surface area contributed by atoms with E-state index in [-0.39, 0.29) is 17.9 Å². The summed E-state index contributed by atoms with van der Waals surface area (Å²) in [6.45, 7) is 10.7. The number of aromatic nitrogens is 2. The molecule has 0 N–H and O–H groups in total. The highest BCUT2D eigenvalue weighted by molar-refractivity contribution is 6.08. The Morgan fingerprint density at radius 3 is 2.68 bits per heavy atom. The van der Waals surface area contributed by atoms with Gasteiger partial charge in [-0.05, 0) is 64.3 Å². The predicted octanol–water partition coefficient (Wildman–Crippen LogP) is 2.46. The van der Waals surface area contributed by atoms with Crippen LogP contribution in [-0.2, 0) is 29.0 Å². The fourth-order valence-corrected chi connectivity index (χ4v) is 7.96. The molecule has 0 aromatic carbocycles. The van der Waals surface area contributed by atoms with Crippen LogP contribution in [0.3, 0.4) is 0 Å². The first kappa shape index (κ1) is 28.9. The lowest BCUT2D eigenvalue weighted by Crippen LogP contribution is -2.65. The van der Waals surface area contributed by atoms with E-state index < -0.39 is 6.04 Å². The van der Waals surface area contributed by atoms with Crippen LogP contribution in [0, 0.1) is 0 Å². The Morgan fingerprint density at radius 1 is 1.07 bits per heavy atom. The second-order valence-corrected chi connectivity index (χ2v) is 13.1. The number of anilines is 4. The van der Waals surface area contributed by atoms with Gasteiger partial charge in [0.15, 0.2) is 0 Å². The Kier molecular flexibility index (Phi) is 7.39. The predicted molar refractivity (Wildman–Crippen MR) is 172 cm³/mol. The van der Waals surface area contributed by atoms with Crippen molar-refractivity contribution >= 4 is 34.6 Å². The molecule has 0 saturated carbocycles. The third-order valence-corrected chi connectivity index (χ3v) is 10.4. The lowest BCUT2D eigenvalue weighted by Gasteiger charge is -2.51. The minimum absolute atomic E-state index is 0.0432. The molecule has 2 aromatic heterocycles. The fourth-order valence-electron chi connectivity index (χ4n) is 7.96. The molecule has 0 spiro atoms. The first-order chi connectivity index (χ1) is 21.3. The van der Waals surface area contributed by atoms with Gasteiger partial charge in [0.1, 0.15) is 18.3 Å². The maximum atomic E-state index is 13.9. The zero-order chi connectivity index (χ0) is 30.7. The Morgan fingerprint density at radius 2 is 1.91 bits per heavy atom. The first-order valence-corrected chi connectivity index (χ1v) is 16.1. The van der Waals surface area contributed by atoms with Gasteiger partial charge in [0.25, 0.3) is 5.91 Å². The van der Waals surface area contributed by atoms with E-state index in [1.807, 2.05) is 26.4 Å². The normalized spacial score (nSPS) is 25.0. The van der Waals surface area contributed by atoms with Crippen LogP contribution in [0.2, 0.25) is 0 Å². The average molecular weight is 601 g/mol. The Bertz CT molecular complexity index is 1500. The molecule has 5 aliphatic heterocycles. The number of amides is 2. The summed E-state index contributed by atoms with van der Waals surface area (Å²) < 4.78 is 6.59. The molecule has 0 aliphatic carbocycles. The molecule has 7 heterocycles. The van der Waals surface area contributed by atoms with E-state index in [0.717, 1.165) is 74.5 Å². The van der Waals surface area contributed by atoms with E-state index >= 15 is 0 Å². The van der Waals surface area contributed by atoms with Crippen molar-refractivity contribution < 1.29 is 14.3 Å². The standard InChI is InChI=1S/C33H44N8O3/c1-6-28(42)40-19-27-33(43)38(5)31-30(41(27)17-21(40)2)24-11-14-39(26-16-34-15-22-9-7-13-37(4)29(22)26)18-25(24)35-32(31)44-20-23-10-8-12-36(23)3/h6,15-16,21,23,27H,1,7-14,17-20H2,2-5H3/t21-,23+,27-/m1/s1. The number of carbonyl (C=O) groups excluding carboxylic acids is 2. The number of ether oxygens (including phenoxy) is 1. The number of fused-ring (bicyclic) bond motifs is 6. The minimum Gasteiger partial charge on any atom is -0.474 e. The lowest BCUT2D eigenvalue weighted by atomic mass is 9.93. The Labute approximate surface area is 260 Å². The van der Waals surface area contributed by atoms with E-state index in [9.17, 15) is 9.59 Å². The number of likely N-dealkylation sites (N-methyl/N-ethyl adjacent to an activating group) is 2. The molecule has 11 nitrogen and oxygen atoms in total. The monoisotopic (exact) mass is 600 g/mol. The van der Waals surface area contributed by atoms with Gasteiger partial charge in [-0.2, -0.15) is 0 Å². The van der Waals surface area contributed by atoms with Crippen LogP contribution in [0.25, 0.3) is 0 Å². The van der Waals surface area contributed by atoms with E-state index in [4.69, 9.17) is 9.72 Å². The molecule has 44 heavy (non-hydrogen) atoms. The van der Waals surface area contributed by atoms with Crippen molar-refractivity contribution in [2.75, 3.05) is 80.1 Å². The summed E-state index contributed by atoms with van der Waals surface area (Å²) in [6.07, 6.45) is 10.6. The average Bonchev–Trinajstić information content (AvgIpc) is 3.45. The fraction of sp³-hybridized carbons (Fsp3) is 0.576. The molecule has 11 heteroatoms. The van der Waals surface area contributed by atoms with Crippen LogP contribution in [0.5, 0.6) is 5.88 Å². The summed E-state index contributed by atoms with van der Waals surface area (Å²) in [5.74, 6) is 0.344. The number of hydrogen-bond donors (Lipinski definition) is 0. The van der Waals surface area contributed by atoms with Crippen LogP contribution in [0.1, 0.15) is 43.0 Å². The largest absolute Gasteiger partial charge is 0.474 e. The number of carbonyl (C=O) groups is 2. The third-order valence-electron chi connectivity index (χ3n) is 10.4. The second-order valence-electron chi connectivity index (χ2n) is 13.1. The van der Waals surface area contributed by atoms with Gasteiger partial charge >= 0.3 is 0 Å². The summed E-state index contributed by atoms with van der Waals surface area (Å²) >= 11 is 0. The van der Waals surface area contributed by atoms with Gasteiger partial charge < -0.3 is 34.1 Å². The summed E-state index contributed by atoms with van der Waals surface area (Å²) in [4.78, 5) is 49.3. The topological polar surface area (TPSA) is 88.6 Å². The van der Waals surface area contributed by atoms with Gasteiger partial charge in [-0.1, -0.05) is 6.58 Å². The lowest BCUT2D eigenvalue weighted by molar-refractivity contribution is -0.130. The maximum absolute atomic E-state index is 13.9. The van der Waals surface area contributed by atoms with Crippen molar-refractivity contribution in [2.45, 2.75) is 63.7 Å². The van der Waals surface area contributed by atoms with Gasteiger partial charge in [-0.15, -0.1) is 0 Å². The number of piperazine rings is 1. The van der Waals surface area contributed by atoms with Crippen molar-refractivity contribution in [3.05, 3.63) is 41.9 Å². The minimum atomic E-state index is -0.468. The molecular weight excluding hydrogens is 556 g/mol. The van der Waals surface area contributed by atoms with Crippen molar-refractivity contribution in [1.82, 2.24) is 19.8 Å². The third kappa shape index (κ3) is 4.67. The van der Waals surface area contributed by atoms with Crippen LogP contribution < -0.4 is 24.3 Å². The molecule has 2 fully saturated rings. The molecule has 2 saturated heterocycles. The zero-order valence-electron chi connectivity index (χ0n) is 26.5. The Balaban J connectivity index is 1.30. The van der Waals surface area contributed by atoms with Gasteiger partial charge in [0.05, 0.1) is 42.0 Å². The molecular formula is C33H44N8O3. The van der Waals surface area contributed by atoms with E-state index in [2.05, 4.69) is 45.3 Å². The maximum Gasteiger partial charge on any atom is 0.251 e. The highest BCUT2D eigenvalue weighted by Gasteiger charge is 2.47. The molecule has 7 rings (SSSR count). The van der Waals surface area contributed by atoms with Crippen LogP contribution >= 0.6 is 0 Å². The number of nitrogens with zero attached hydrogens (tertiary/aromatic N) is 8. The summed E-state index contributed by atoms with van der Waals surface area (Å²) in [5.41, 5.74) is 7.69. The number of hydrogen-bond acceptors (Lipinski definition) is 9. The van der Waals surface area contributed by atoms with Crippen molar-refractivity contribution in [2.24, 2.45) is 0 Å². The molecule has 0 unspecified atom stereocenters.